The summed E-state index contributed by atoms with van der Waals surface area (Å²) in [6.45, 7) is 7.80. The average Bonchev–Trinajstić information content (AvgIpc) is 3.21. The maximum atomic E-state index is 12.4. The molecule has 0 unspecified atom stereocenters. The van der Waals surface area contributed by atoms with Crippen LogP contribution in [0.2, 0.25) is 0 Å². The molecule has 0 bridgehead atoms. The zero-order chi connectivity index (χ0) is 20.5. The van der Waals surface area contributed by atoms with Crippen molar-refractivity contribution in [2.45, 2.75) is 40.5 Å². The maximum absolute atomic E-state index is 12.4. The number of nitrogens with zero attached hydrogens (tertiary/aromatic N) is 6. The van der Waals surface area contributed by atoms with Gasteiger partial charge in [-0.2, -0.15) is 9.61 Å². The van der Waals surface area contributed by atoms with Crippen LogP contribution in [-0.4, -0.2) is 35.5 Å². The highest BCUT2D eigenvalue weighted by atomic mass is 16.1. The molecular weight excluding hydrogens is 366 g/mol. The monoisotopic (exact) mass is 389 g/mol. The number of para-hydroxylation sites is 1. The second-order valence-corrected chi connectivity index (χ2v) is 7.13. The van der Waals surface area contributed by atoms with Crippen LogP contribution in [0.1, 0.15) is 34.8 Å². The number of carbonyl (C=O) groups excluding carboxylic acids is 1. The van der Waals surface area contributed by atoms with Gasteiger partial charge in [-0.05, 0) is 63.4 Å². The minimum absolute atomic E-state index is 0.00879. The Balaban J connectivity index is 1.53. The predicted octanol–water partition coefficient (Wildman–Crippen LogP) is 3.11. The molecule has 8 heteroatoms. The van der Waals surface area contributed by atoms with Gasteiger partial charge in [-0.15, -0.1) is 15.3 Å². The molecule has 3 heterocycles. The van der Waals surface area contributed by atoms with Crippen molar-refractivity contribution < 1.29 is 4.79 Å². The summed E-state index contributed by atoms with van der Waals surface area (Å²) >= 11 is 0. The fourth-order valence-corrected chi connectivity index (χ4v) is 3.42. The van der Waals surface area contributed by atoms with E-state index in [9.17, 15) is 4.79 Å². The van der Waals surface area contributed by atoms with Crippen LogP contribution in [0.25, 0.3) is 11.5 Å². The van der Waals surface area contributed by atoms with Gasteiger partial charge in [-0.3, -0.25) is 4.79 Å². The molecule has 4 aromatic rings. The lowest BCUT2D eigenvalue weighted by Gasteiger charge is -2.08. The van der Waals surface area contributed by atoms with Crippen LogP contribution in [0, 0.1) is 27.7 Å². The van der Waals surface area contributed by atoms with Crippen molar-refractivity contribution in [1.82, 2.24) is 29.6 Å². The molecule has 4 rings (SSSR count). The Labute approximate surface area is 168 Å². The van der Waals surface area contributed by atoms with Crippen molar-refractivity contribution in [3.05, 3.63) is 64.7 Å². The molecule has 1 aromatic carbocycles. The fraction of sp³-hybridized carbons (Fsp3) is 0.286. The number of amides is 1. The highest BCUT2D eigenvalue weighted by molar-refractivity contribution is 5.91. The number of benzene rings is 1. The molecule has 0 aliphatic heterocycles. The van der Waals surface area contributed by atoms with E-state index in [1.165, 1.54) is 0 Å². The Morgan fingerprint density at radius 3 is 2.59 bits per heavy atom. The van der Waals surface area contributed by atoms with Gasteiger partial charge in [0.15, 0.2) is 17.3 Å². The third kappa shape index (κ3) is 3.61. The fourth-order valence-electron chi connectivity index (χ4n) is 3.42. The zero-order valence-electron chi connectivity index (χ0n) is 17.0. The Morgan fingerprint density at radius 2 is 1.79 bits per heavy atom. The lowest BCUT2D eigenvalue weighted by Crippen LogP contribution is -2.13. The van der Waals surface area contributed by atoms with E-state index in [1.807, 2.05) is 68.8 Å². The number of aromatic nitrogens is 6. The number of hydrogen-bond acceptors (Lipinski definition) is 5. The Kier molecular flexibility index (Phi) is 4.84. The van der Waals surface area contributed by atoms with Gasteiger partial charge in [0.1, 0.15) is 0 Å². The summed E-state index contributed by atoms with van der Waals surface area (Å²) in [5, 5.41) is 20.3. The Morgan fingerprint density at radius 1 is 1.00 bits per heavy atom. The molecule has 0 radical (unpaired) electrons. The van der Waals surface area contributed by atoms with E-state index in [-0.39, 0.29) is 5.91 Å². The zero-order valence-corrected chi connectivity index (χ0v) is 17.0. The number of anilines is 1. The van der Waals surface area contributed by atoms with E-state index in [2.05, 4.69) is 25.7 Å². The third-order valence-corrected chi connectivity index (χ3v) is 5.08. The van der Waals surface area contributed by atoms with Gasteiger partial charge in [0.2, 0.25) is 5.91 Å². The average molecular weight is 389 g/mol. The maximum Gasteiger partial charge on any atom is 0.224 e. The first-order chi connectivity index (χ1) is 13.9. The van der Waals surface area contributed by atoms with Crippen LogP contribution in [-0.2, 0) is 11.2 Å². The van der Waals surface area contributed by atoms with E-state index in [4.69, 9.17) is 0 Å². The van der Waals surface area contributed by atoms with E-state index in [0.717, 1.165) is 34.0 Å². The van der Waals surface area contributed by atoms with Gasteiger partial charge in [-0.25, -0.2) is 4.68 Å². The van der Waals surface area contributed by atoms with Crippen LogP contribution in [0.15, 0.2) is 36.4 Å². The van der Waals surface area contributed by atoms with Gasteiger partial charge in [0.05, 0.1) is 5.69 Å². The normalized spacial score (nSPS) is 11.2. The van der Waals surface area contributed by atoms with Crippen LogP contribution in [0.3, 0.4) is 0 Å². The van der Waals surface area contributed by atoms with Gasteiger partial charge in [0, 0.05) is 17.8 Å². The van der Waals surface area contributed by atoms with Crippen molar-refractivity contribution in [2.75, 3.05) is 5.32 Å². The molecule has 0 saturated heterocycles. The SMILES string of the molecule is Cc1ccccc1NC(=O)CCc1c(C)nn(-c2ccc3nnc(C)n3n2)c1C. The minimum Gasteiger partial charge on any atom is -0.326 e. The molecule has 148 valence electrons. The summed E-state index contributed by atoms with van der Waals surface area (Å²) in [5.74, 6) is 1.40. The van der Waals surface area contributed by atoms with Crippen molar-refractivity contribution in [1.29, 1.82) is 0 Å². The quantitative estimate of drug-likeness (QED) is 0.566. The van der Waals surface area contributed by atoms with Gasteiger partial charge in [0.25, 0.3) is 0 Å². The van der Waals surface area contributed by atoms with E-state index >= 15 is 0 Å². The number of fused-ring (bicyclic) bond motifs is 1. The van der Waals surface area contributed by atoms with Crippen LogP contribution >= 0.6 is 0 Å². The van der Waals surface area contributed by atoms with Gasteiger partial charge in [-0.1, -0.05) is 18.2 Å². The summed E-state index contributed by atoms with van der Waals surface area (Å²) in [5.41, 5.74) is 5.53. The number of hydrogen-bond donors (Lipinski definition) is 1. The number of nitrogens with one attached hydrogen (secondary N) is 1. The van der Waals surface area contributed by atoms with Crippen molar-refractivity contribution in [3.8, 4) is 5.82 Å². The van der Waals surface area contributed by atoms with Crippen molar-refractivity contribution in [2.24, 2.45) is 0 Å². The number of rotatable bonds is 5. The molecule has 0 atom stereocenters. The molecule has 0 aliphatic carbocycles. The van der Waals surface area contributed by atoms with Gasteiger partial charge >= 0.3 is 0 Å². The molecular formula is C21H23N7O. The number of carbonyl (C=O) groups is 1. The summed E-state index contributed by atoms with van der Waals surface area (Å²) in [4.78, 5) is 12.4. The van der Waals surface area contributed by atoms with Crippen LogP contribution in [0.5, 0.6) is 0 Å². The van der Waals surface area contributed by atoms with Crippen molar-refractivity contribution in [3.63, 3.8) is 0 Å². The molecule has 0 saturated carbocycles. The molecule has 0 fully saturated rings. The third-order valence-electron chi connectivity index (χ3n) is 5.08. The van der Waals surface area contributed by atoms with E-state index in [0.29, 0.717) is 24.3 Å². The second kappa shape index (κ2) is 7.46. The first-order valence-electron chi connectivity index (χ1n) is 9.54. The smallest absolute Gasteiger partial charge is 0.224 e. The minimum atomic E-state index is -0.00879. The highest BCUT2D eigenvalue weighted by Crippen LogP contribution is 2.20. The number of aryl methyl sites for hydroxylation is 3. The standard InChI is InChI=1S/C21H23N7O/c1-13-7-5-6-8-18(13)22-21(29)12-9-17-14(2)25-27(15(17)3)20-11-10-19-24-23-16(4)28(19)26-20/h5-8,10-11H,9,12H2,1-4H3,(H,22,29). The summed E-state index contributed by atoms with van der Waals surface area (Å²) in [6, 6.07) is 11.5. The largest absolute Gasteiger partial charge is 0.326 e. The second-order valence-electron chi connectivity index (χ2n) is 7.13. The van der Waals surface area contributed by atoms with Crippen LogP contribution in [0.4, 0.5) is 5.69 Å². The Hall–Kier alpha value is -3.55. The molecule has 1 amide bonds. The molecule has 3 aromatic heterocycles. The summed E-state index contributed by atoms with van der Waals surface area (Å²) < 4.78 is 3.50. The molecule has 0 spiro atoms. The molecule has 29 heavy (non-hydrogen) atoms. The molecule has 8 nitrogen and oxygen atoms in total. The summed E-state index contributed by atoms with van der Waals surface area (Å²) in [6.07, 6.45) is 1.00. The topological polar surface area (TPSA) is 90.0 Å². The van der Waals surface area contributed by atoms with Crippen molar-refractivity contribution >= 4 is 17.2 Å². The molecule has 1 N–H and O–H groups in total. The Bertz CT molecular complexity index is 1210. The lowest BCUT2D eigenvalue weighted by atomic mass is 10.1. The summed E-state index contributed by atoms with van der Waals surface area (Å²) in [7, 11) is 0. The first-order valence-corrected chi connectivity index (χ1v) is 9.54. The van der Waals surface area contributed by atoms with E-state index < -0.39 is 0 Å². The highest BCUT2D eigenvalue weighted by Gasteiger charge is 2.16. The lowest BCUT2D eigenvalue weighted by molar-refractivity contribution is -0.116. The predicted molar refractivity (Wildman–Crippen MR) is 110 cm³/mol. The van der Waals surface area contributed by atoms with Gasteiger partial charge < -0.3 is 5.32 Å². The molecule has 0 aliphatic rings. The first kappa shape index (κ1) is 18.8. The van der Waals surface area contributed by atoms with Crippen LogP contribution < -0.4 is 5.32 Å². The van der Waals surface area contributed by atoms with E-state index in [1.54, 1.807) is 4.52 Å².